The first-order valence-corrected chi connectivity index (χ1v) is 8.62. The van der Waals surface area contributed by atoms with E-state index < -0.39 is 0 Å². The van der Waals surface area contributed by atoms with Crippen LogP contribution in [0.1, 0.15) is 32.4 Å². The Morgan fingerprint density at radius 1 is 1.19 bits per heavy atom. The molecule has 0 radical (unpaired) electrons. The predicted octanol–water partition coefficient (Wildman–Crippen LogP) is 3.67. The maximum atomic E-state index is 12.9. The van der Waals surface area contributed by atoms with Gasteiger partial charge in [0.05, 0.1) is 28.8 Å². The number of aromatic nitrogens is 3. The third-order valence-corrected chi connectivity index (χ3v) is 4.42. The number of hydrogen-bond donors (Lipinski definition) is 1. The molecule has 3 heterocycles. The summed E-state index contributed by atoms with van der Waals surface area (Å²) in [5, 5.41) is 3.27. The molecule has 0 aliphatic carbocycles. The number of benzene rings is 1. The Hall–Kier alpha value is -3.15. The van der Waals surface area contributed by atoms with Gasteiger partial charge < -0.3 is 10.1 Å². The number of fused-ring (bicyclic) bond motifs is 3. The molecule has 6 nitrogen and oxygen atoms in total. The van der Waals surface area contributed by atoms with E-state index in [0.29, 0.717) is 11.5 Å². The van der Waals surface area contributed by atoms with Crippen molar-refractivity contribution >= 4 is 23.0 Å². The number of anilines is 1. The van der Waals surface area contributed by atoms with Gasteiger partial charge in [0, 0.05) is 18.1 Å². The highest BCUT2D eigenvalue weighted by molar-refractivity contribution is 5.94. The van der Waals surface area contributed by atoms with Gasteiger partial charge in [-0.05, 0) is 50.6 Å². The molecule has 0 unspecified atom stereocenters. The molecular formula is C20H20N4O2. The lowest BCUT2D eigenvalue weighted by atomic mass is 9.96. The Kier molecular flexibility index (Phi) is 3.95. The zero-order valence-corrected chi connectivity index (χ0v) is 14.9. The van der Waals surface area contributed by atoms with Gasteiger partial charge in [-0.1, -0.05) is 12.1 Å². The lowest BCUT2D eigenvalue weighted by molar-refractivity contribution is -0.143. The standard InChI is InChI=1S/C20H20N4O2/c1-12(2)26-19(25)17-13(3)22-20-23-15-6-4-5-7-16(15)24(20)18(17)14-8-10-21-11-9-14/h4-12,18H,1-3H3,(H,22,23)/t18-/m1/s1. The van der Waals surface area contributed by atoms with E-state index in [1.54, 1.807) is 12.4 Å². The highest BCUT2D eigenvalue weighted by atomic mass is 16.5. The van der Waals surface area contributed by atoms with Crippen LogP contribution in [0, 0.1) is 0 Å². The minimum atomic E-state index is -0.326. The van der Waals surface area contributed by atoms with E-state index in [4.69, 9.17) is 4.74 Å². The molecule has 1 aliphatic rings. The lowest BCUT2D eigenvalue weighted by Crippen LogP contribution is -2.30. The summed E-state index contributed by atoms with van der Waals surface area (Å²) < 4.78 is 7.58. The van der Waals surface area contributed by atoms with Gasteiger partial charge in [-0.2, -0.15) is 0 Å². The number of rotatable bonds is 3. The topological polar surface area (TPSA) is 69.0 Å². The quantitative estimate of drug-likeness (QED) is 0.731. The van der Waals surface area contributed by atoms with Crippen molar-refractivity contribution < 1.29 is 9.53 Å². The van der Waals surface area contributed by atoms with E-state index in [1.807, 2.05) is 57.2 Å². The molecule has 132 valence electrons. The number of nitrogens with zero attached hydrogens (tertiary/aromatic N) is 3. The number of carbonyl (C=O) groups is 1. The largest absolute Gasteiger partial charge is 0.459 e. The molecule has 0 bridgehead atoms. The molecule has 0 spiro atoms. The van der Waals surface area contributed by atoms with E-state index in [2.05, 4.69) is 19.9 Å². The molecule has 6 heteroatoms. The number of hydrogen-bond acceptors (Lipinski definition) is 5. The number of pyridine rings is 1. The molecule has 1 atom stereocenters. The number of carbonyl (C=O) groups excluding carboxylic acids is 1. The third kappa shape index (κ3) is 2.63. The molecule has 26 heavy (non-hydrogen) atoms. The number of allylic oxidation sites excluding steroid dienone is 1. The van der Waals surface area contributed by atoms with Gasteiger partial charge in [0.1, 0.15) is 0 Å². The SMILES string of the molecule is CC1=C(C(=O)OC(C)C)[C@@H](c2ccncc2)n2c(nc3ccccc32)N1. The van der Waals surface area contributed by atoms with Crippen molar-refractivity contribution in [3.05, 3.63) is 65.6 Å². The van der Waals surface area contributed by atoms with Crippen molar-refractivity contribution in [2.45, 2.75) is 32.9 Å². The summed E-state index contributed by atoms with van der Waals surface area (Å²) in [6, 6.07) is 11.4. The highest BCUT2D eigenvalue weighted by Crippen LogP contribution is 2.39. The number of esters is 1. The van der Waals surface area contributed by atoms with Crippen LogP contribution in [0.3, 0.4) is 0 Å². The maximum Gasteiger partial charge on any atom is 0.338 e. The van der Waals surface area contributed by atoms with Gasteiger partial charge in [-0.3, -0.25) is 9.55 Å². The maximum absolute atomic E-state index is 12.9. The second-order valence-electron chi connectivity index (χ2n) is 6.59. The molecule has 0 saturated heterocycles. The Labute approximate surface area is 151 Å². The molecule has 4 rings (SSSR count). The highest BCUT2D eigenvalue weighted by Gasteiger charge is 2.35. The van der Waals surface area contributed by atoms with Crippen molar-refractivity contribution in [2.24, 2.45) is 0 Å². The van der Waals surface area contributed by atoms with Crippen LogP contribution >= 0.6 is 0 Å². The normalized spacial score (nSPS) is 16.5. The monoisotopic (exact) mass is 348 g/mol. The molecule has 1 aliphatic heterocycles. The molecule has 0 saturated carbocycles. The van der Waals surface area contributed by atoms with E-state index in [0.717, 1.165) is 22.3 Å². The number of imidazole rings is 1. The van der Waals surface area contributed by atoms with E-state index in [1.165, 1.54) is 0 Å². The van der Waals surface area contributed by atoms with E-state index in [9.17, 15) is 4.79 Å². The third-order valence-electron chi connectivity index (χ3n) is 4.42. The summed E-state index contributed by atoms with van der Waals surface area (Å²) in [7, 11) is 0. The van der Waals surface area contributed by atoms with Gasteiger partial charge in [0.15, 0.2) is 0 Å². The van der Waals surface area contributed by atoms with Crippen molar-refractivity contribution in [1.29, 1.82) is 0 Å². The fraction of sp³-hybridized carbons (Fsp3) is 0.250. The van der Waals surface area contributed by atoms with Crippen molar-refractivity contribution in [3.63, 3.8) is 0 Å². The fourth-order valence-corrected chi connectivity index (χ4v) is 3.37. The van der Waals surface area contributed by atoms with Gasteiger partial charge in [0.2, 0.25) is 5.95 Å². The second-order valence-corrected chi connectivity index (χ2v) is 6.59. The van der Waals surface area contributed by atoms with Crippen LogP contribution in [0.2, 0.25) is 0 Å². The van der Waals surface area contributed by atoms with Gasteiger partial charge in [0.25, 0.3) is 0 Å². The molecule has 3 aromatic rings. The van der Waals surface area contributed by atoms with Crippen LogP contribution in [0.15, 0.2) is 60.1 Å². The minimum Gasteiger partial charge on any atom is -0.459 e. The Morgan fingerprint density at radius 3 is 2.65 bits per heavy atom. The summed E-state index contributed by atoms with van der Waals surface area (Å²) in [5.74, 6) is 0.391. The van der Waals surface area contributed by atoms with Crippen LogP contribution in [-0.2, 0) is 9.53 Å². The predicted molar refractivity (Wildman–Crippen MR) is 99.7 cm³/mol. The van der Waals surface area contributed by atoms with Crippen molar-refractivity contribution in [1.82, 2.24) is 14.5 Å². The summed E-state index contributed by atoms with van der Waals surface area (Å²) in [4.78, 5) is 21.7. The average molecular weight is 348 g/mol. The zero-order valence-electron chi connectivity index (χ0n) is 14.9. The van der Waals surface area contributed by atoms with Crippen LogP contribution in [0.5, 0.6) is 0 Å². The smallest absolute Gasteiger partial charge is 0.338 e. The summed E-state index contributed by atoms with van der Waals surface area (Å²) in [5.41, 5.74) is 4.13. The summed E-state index contributed by atoms with van der Waals surface area (Å²) in [6.45, 7) is 5.58. The van der Waals surface area contributed by atoms with E-state index >= 15 is 0 Å². The first-order valence-electron chi connectivity index (χ1n) is 8.62. The Bertz CT molecular complexity index is 1010. The number of ether oxygens (including phenoxy) is 1. The molecular weight excluding hydrogens is 328 g/mol. The lowest BCUT2D eigenvalue weighted by Gasteiger charge is -2.30. The van der Waals surface area contributed by atoms with Gasteiger partial charge in [-0.15, -0.1) is 0 Å². The Morgan fingerprint density at radius 2 is 1.92 bits per heavy atom. The van der Waals surface area contributed by atoms with Crippen molar-refractivity contribution in [3.8, 4) is 0 Å². The van der Waals surface area contributed by atoms with Gasteiger partial charge in [-0.25, -0.2) is 9.78 Å². The molecule has 2 aromatic heterocycles. The van der Waals surface area contributed by atoms with Crippen molar-refractivity contribution in [2.75, 3.05) is 5.32 Å². The molecule has 0 fully saturated rings. The average Bonchev–Trinajstić information content (AvgIpc) is 2.98. The number of para-hydroxylation sites is 2. The fourth-order valence-electron chi connectivity index (χ4n) is 3.37. The second kappa shape index (κ2) is 6.29. The minimum absolute atomic E-state index is 0.193. The van der Waals surface area contributed by atoms with Crippen LogP contribution in [0.4, 0.5) is 5.95 Å². The summed E-state index contributed by atoms with van der Waals surface area (Å²) >= 11 is 0. The molecule has 0 amide bonds. The molecule has 1 aromatic carbocycles. The van der Waals surface area contributed by atoms with Crippen LogP contribution in [-0.4, -0.2) is 26.6 Å². The van der Waals surface area contributed by atoms with Gasteiger partial charge >= 0.3 is 5.97 Å². The van der Waals surface area contributed by atoms with E-state index in [-0.39, 0.29) is 18.1 Å². The zero-order chi connectivity index (χ0) is 18.3. The first kappa shape index (κ1) is 16.3. The Balaban J connectivity index is 1.95. The summed E-state index contributed by atoms with van der Waals surface area (Å²) in [6.07, 6.45) is 3.27. The number of nitrogens with one attached hydrogen (secondary N) is 1. The molecule has 1 N–H and O–H groups in total. The van der Waals surface area contributed by atoms with Crippen LogP contribution < -0.4 is 5.32 Å². The van der Waals surface area contributed by atoms with Crippen LogP contribution in [0.25, 0.3) is 11.0 Å². The first-order chi connectivity index (χ1) is 12.6.